The van der Waals surface area contributed by atoms with Gasteiger partial charge in [-0.25, -0.2) is 4.98 Å². The van der Waals surface area contributed by atoms with Gasteiger partial charge in [-0.1, -0.05) is 29.8 Å². The first kappa shape index (κ1) is 12.9. The van der Waals surface area contributed by atoms with Crippen LogP contribution in [0.15, 0.2) is 42.6 Å². The zero-order chi connectivity index (χ0) is 13.0. The minimum atomic E-state index is -0.665. The van der Waals surface area contributed by atoms with Gasteiger partial charge in [-0.2, -0.15) is 0 Å². The number of aliphatic hydroxyl groups is 1. The summed E-state index contributed by atoms with van der Waals surface area (Å²) in [6, 6.07) is 11.2. The summed E-state index contributed by atoms with van der Waals surface area (Å²) in [6.45, 7) is 1.97. The van der Waals surface area contributed by atoms with Crippen LogP contribution in [0.25, 0.3) is 0 Å². The van der Waals surface area contributed by atoms with Crippen molar-refractivity contribution in [2.75, 3.05) is 5.32 Å². The zero-order valence-electron chi connectivity index (χ0n) is 10.1. The Labute approximate surface area is 111 Å². The lowest BCUT2D eigenvalue weighted by atomic mass is 10.1. The van der Waals surface area contributed by atoms with Crippen molar-refractivity contribution in [3.8, 4) is 0 Å². The minimum Gasteiger partial charge on any atom is -0.373 e. The van der Waals surface area contributed by atoms with E-state index >= 15 is 0 Å². The zero-order valence-corrected chi connectivity index (χ0v) is 10.9. The van der Waals surface area contributed by atoms with E-state index in [0.717, 1.165) is 11.1 Å². The highest BCUT2D eigenvalue weighted by Crippen LogP contribution is 2.12. The monoisotopic (exact) mass is 262 g/mol. The molecular weight excluding hydrogens is 248 g/mol. The highest BCUT2D eigenvalue weighted by molar-refractivity contribution is 6.30. The molecule has 2 aromatic rings. The van der Waals surface area contributed by atoms with Crippen molar-refractivity contribution >= 4 is 17.4 Å². The number of aliphatic hydroxyl groups excluding tert-OH is 1. The van der Waals surface area contributed by atoms with Crippen molar-refractivity contribution in [1.29, 1.82) is 0 Å². The van der Waals surface area contributed by atoms with E-state index in [4.69, 9.17) is 11.6 Å². The van der Waals surface area contributed by atoms with Gasteiger partial charge in [0.25, 0.3) is 0 Å². The maximum absolute atomic E-state index is 9.91. The number of halogens is 1. The highest BCUT2D eigenvalue weighted by atomic mass is 35.5. The third-order valence-electron chi connectivity index (χ3n) is 2.57. The van der Waals surface area contributed by atoms with Gasteiger partial charge in [-0.15, -0.1) is 0 Å². The summed E-state index contributed by atoms with van der Waals surface area (Å²) in [4.78, 5) is 4.18. The van der Waals surface area contributed by atoms with Crippen LogP contribution in [0.5, 0.6) is 0 Å². The van der Waals surface area contributed by atoms with E-state index in [1.165, 1.54) is 0 Å². The Kier molecular flexibility index (Phi) is 4.18. The van der Waals surface area contributed by atoms with Crippen LogP contribution < -0.4 is 5.32 Å². The molecule has 0 amide bonds. The molecule has 4 heteroatoms. The average molecular weight is 263 g/mol. The molecular formula is C14H15ClN2O. The van der Waals surface area contributed by atoms with Crippen LogP contribution in [0.3, 0.4) is 0 Å². The molecule has 0 fully saturated rings. The predicted molar refractivity (Wildman–Crippen MR) is 73.8 cm³/mol. The van der Waals surface area contributed by atoms with E-state index < -0.39 is 6.23 Å². The van der Waals surface area contributed by atoms with Gasteiger partial charge in [0.1, 0.15) is 12.0 Å². The van der Waals surface area contributed by atoms with E-state index in [1.54, 1.807) is 6.20 Å². The first-order chi connectivity index (χ1) is 8.63. The number of aryl methyl sites for hydroxylation is 1. The molecule has 2 rings (SSSR count). The fraction of sp³-hybridized carbons (Fsp3) is 0.214. The Bertz CT molecular complexity index is 449. The smallest absolute Gasteiger partial charge is 0.129 e. The molecule has 0 saturated heterocycles. The quantitative estimate of drug-likeness (QED) is 0.833. The Morgan fingerprint density at radius 3 is 2.56 bits per heavy atom. The standard InChI is InChI=1S/C14H15ClN2O/c1-10-2-7-13(16-9-10)17-14(18)8-11-3-5-12(15)6-4-11/h2-7,9,14,18H,8H2,1H3,(H,16,17). The summed E-state index contributed by atoms with van der Waals surface area (Å²) < 4.78 is 0. The lowest BCUT2D eigenvalue weighted by molar-refractivity contribution is 0.203. The fourth-order valence-corrected chi connectivity index (χ4v) is 1.74. The van der Waals surface area contributed by atoms with Crippen LogP contribution in [0.1, 0.15) is 11.1 Å². The van der Waals surface area contributed by atoms with Crippen molar-refractivity contribution in [1.82, 2.24) is 4.98 Å². The number of hydrogen-bond donors (Lipinski definition) is 2. The Morgan fingerprint density at radius 2 is 1.94 bits per heavy atom. The van der Waals surface area contributed by atoms with Gasteiger partial charge in [-0.05, 0) is 36.2 Å². The number of aromatic nitrogens is 1. The average Bonchev–Trinajstić information content (AvgIpc) is 2.35. The first-order valence-corrected chi connectivity index (χ1v) is 6.13. The van der Waals surface area contributed by atoms with Gasteiger partial charge in [0, 0.05) is 17.6 Å². The normalized spacial score (nSPS) is 12.2. The van der Waals surface area contributed by atoms with Crippen LogP contribution in [0, 0.1) is 6.92 Å². The Hall–Kier alpha value is -1.58. The van der Waals surface area contributed by atoms with E-state index in [-0.39, 0.29) is 0 Å². The summed E-state index contributed by atoms with van der Waals surface area (Å²) in [5, 5.41) is 13.5. The van der Waals surface area contributed by atoms with Crippen molar-refractivity contribution in [2.24, 2.45) is 0 Å². The molecule has 0 saturated carbocycles. The number of pyridine rings is 1. The maximum Gasteiger partial charge on any atom is 0.129 e. The van der Waals surface area contributed by atoms with Crippen LogP contribution >= 0.6 is 11.6 Å². The molecule has 1 atom stereocenters. The van der Waals surface area contributed by atoms with Gasteiger partial charge in [-0.3, -0.25) is 0 Å². The molecule has 94 valence electrons. The molecule has 1 aromatic heterocycles. The molecule has 0 aliphatic carbocycles. The molecule has 0 spiro atoms. The molecule has 0 radical (unpaired) electrons. The molecule has 3 nitrogen and oxygen atoms in total. The third-order valence-corrected chi connectivity index (χ3v) is 2.82. The third kappa shape index (κ3) is 3.72. The second-order valence-electron chi connectivity index (χ2n) is 4.21. The molecule has 0 aliphatic heterocycles. The maximum atomic E-state index is 9.91. The first-order valence-electron chi connectivity index (χ1n) is 5.75. The van der Waals surface area contributed by atoms with Crippen LogP contribution in [0.2, 0.25) is 5.02 Å². The van der Waals surface area contributed by atoms with Gasteiger partial charge in [0.2, 0.25) is 0 Å². The highest BCUT2D eigenvalue weighted by Gasteiger charge is 2.05. The molecule has 0 bridgehead atoms. The molecule has 1 heterocycles. The molecule has 1 aromatic carbocycles. The summed E-state index contributed by atoms with van der Waals surface area (Å²) in [5.74, 6) is 0.669. The van der Waals surface area contributed by atoms with Gasteiger partial charge in [0.15, 0.2) is 0 Å². The van der Waals surface area contributed by atoms with E-state index in [9.17, 15) is 5.11 Å². The van der Waals surface area contributed by atoms with Crippen LogP contribution in [-0.4, -0.2) is 16.3 Å². The second-order valence-corrected chi connectivity index (χ2v) is 4.65. The number of nitrogens with zero attached hydrogens (tertiary/aromatic N) is 1. The SMILES string of the molecule is Cc1ccc(NC(O)Cc2ccc(Cl)cc2)nc1. The van der Waals surface area contributed by atoms with Crippen LogP contribution in [-0.2, 0) is 6.42 Å². The molecule has 18 heavy (non-hydrogen) atoms. The summed E-state index contributed by atoms with van der Waals surface area (Å²) in [7, 11) is 0. The molecule has 1 unspecified atom stereocenters. The van der Waals surface area contributed by atoms with E-state index in [0.29, 0.717) is 17.3 Å². The minimum absolute atomic E-state index is 0.507. The lowest BCUT2D eigenvalue weighted by Crippen LogP contribution is -2.21. The van der Waals surface area contributed by atoms with Gasteiger partial charge in [0.05, 0.1) is 0 Å². The largest absolute Gasteiger partial charge is 0.373 e. The Balaban J connectivity index is 1.94. The van der Waals surface area contributed by atoms with E-state index in [2.05, 4.69) is 10.3 Å². The number of benzene rings is 1. The topological polar surface area (TPSA) is 45.1 Å². The molecule has 2 N–H and O–H groups in total. The van der Waals surface area contributed by atoms with Crippen molar-refractivity contribution in [3.63, 3.8) is 0 Å². The number of anilines is 1. The number of nitrogens with one attached hydrogen (secondary N) is 1. The van der Waals surface area contributed by atoms with Crippen molar-refractivity contribution in [2.45, 2.75) is 19.6 Å². The summed E-state index contributed by atoms with van der Waals surface area (Å²) >= 11 is 5.80. The van der Waals surface area contributed by atoms with Gasteiger partial charge >= 0.3 is 0 Å². The predicted octanol–water partition coefficient (Wildman–Crippen LogP) is 3.02. The fourth-order valence-electron chi connectivity index (χ4n) is 1.62. The van der Waals surface area contributed by atoms with E-state index in [1.807, 2.05) is 43.3 Å². The number of hydrogen-bond acceptors (Lipinski definition) is 3. The van der Waals surface area contributed by atoms with Crippen molar-refractivity contribution in [3.05, 3.63) is 58.7 Å². The van der Waals surface area contributed by atoms with Crippen LogP contribution in [0.4, 0.5) is 5.82 Å². The van der Waals surface area contributed by atoms with Gasteiger partial charge < -0.3 is 10.4 Å². The summed E-state index contributed by atoms with van der Waals surface area (Å²) in [5.41, 5.74) is 2.11. The van der Waals surface area contributed by atoms with Crippen molar-refractivity contribution < 1.29 is 5.11 Å². The summed E-state index contributed by atoms with van der Waals surface area (Å²) in [6.07, 6.45) is 1.60. The number of rotatable bonds is 4. The molecule has 0 aliphatic rings. The second kappa shape index (κ2) is 5.85. The lowest BCUT2D eigenvalue weighted by Gasteiger charge is -2.13. The Morgan fingerprint density at radius 1 is 1.22 bits per heavy atom.